The van der Waals surface area contributed by atoms with Crippen LogP contribution in [0.1, 0.15) is 16.1 Å². The summed E-state index contributed by atoms with van der Waals surface area (Å²) in [5.41, 5.74) is 0.677. The third kappa shape index (κ3) is 3.77. The molecule has 0 atom stereocenters. The summed E-state index contributed by atoms with van der Waals surface area (Å²) in [7, 11) is -3.94. The lowest BCUT2D eigenvalue weighted by Crippen LogP contribution is -2.20. The topological polar surface area (TPSA) is 76.4 Å². The zero-order valence-electron chi connectivity index (χ0n) is 13.3. The van der Waals surface area contributed by atoms with Gasteiger partial charge in [-0.1, -0.05) is 47.5 Å². The minimum atomic E-state index is -3.94. The molecule has 0 fully saturated rings. The van der Waals surface area contributed by atoms with Crippen LogP contribution < -0.4 is 0 Å². The van der Waals surface area contributed by atoms with Crippen LogP contribution in [0.2, 0.25) is 10.0 Å². The lowest BCUT2D eigenvalue weighted by atomic mass is 10.2. The van der Waals surface area contributed by atoms with Gasteiger partial charge in [0.1, 0.15) is 5.69 Å². The molecule has 3 aromatic rings. The van der Waals surface area contributed by atoms with Crippen LogP contribution in [-0.4, -0.2) is 29.2 Å². The molecule has 26 heavy (non-hydrogen) atoms. The van der Waals surface area contributed by atoms with Gasteiger partial charge in [-0.25, -0.2) is 17.2 Å². The average molecular weight is 410 g/mol. The minimum absolute atomic E-state index is 0.267. The van der Waals surface area contributed by atoms with Gasteiger partial charge in [0, 0.05) is 15.4 Å². The molecular formula is C18H13Cl2NO4S. The number of halogens is 2. The van der Waals surface area contributed by atoms with Crippen LogP contribution in [-0.2, 0) is 10.0 Å². The molecule has 0 bridgehead atoms. The monoisotopic (exact) mass is 409 g/mol. The summed E-state index contributed by atoms with van der Waals surface area (Å²) in [5, 5.41) is 10.8. The molecule has 0 aliphatic carbocycles. The van der Waals surface area contributed by atoms with E-state index in [4.69, 9.17) is 23.2 Å². The fourth-order valence-electron chi connectivity index (χ4n) is 2.60. The Morgan fingerprint density at radius 3 is 2.50 bits per heavy atom. The average Bonchev–Trinajstić information content (AvgIpc) is 2.94. The van der Waals surface area contributed by atoms with Crippen molar-refractivity contribution in [2.24, 2.45) is 0 Å². The molecule has 0 unspecified atom stereocenters. The second-order valence-corrected chi connectivity index (χ2v) is 8.27. The van der Waals surface area contributed by atoms with Crippen molar-refractivity contribution in [2.45, 2.75) is 0 Å². The maximum Gasteiger partial charge on any atom is 0.353 e. The number of carbonyl (C=O) groups is 1. The van der Waals surface area contributed by atoms with Gasteiger partial charge in [-0.2, -0.15) is 0 Å². The molecular weight excluding hydrogens is 397 g/mol. The molecule has 8 heteroatoms. The van der Waals surface area contributed by atoms with Crippen molar-refractivity contribution in [3.63, 3.8) is 0 Å². The Morgan fingerprint density at radius 2 is 1.81 bits per heavy atom. The SMILES string of the molecule is O=C(O)c1cc2cc(Cl)ccc2n1S(=O)(=O)CC=Cc1cccc(Cl)c1. The summed E-state index contributed by atoms with van der Waals surface area (Å²) in [5.74, 6) is -1.70. The van der Waals surface area contributed by atoms with Crippen LogP contribution in [0.5, 0.6) is 0 Å². The van der Waals surface area contributed by atoms with Gasteiger partial charge in [0.25, 0.3) is 0 Å². The van der Waals surface area contributed by atoms with E-state index in [2.05, 4.69) is 0 Å². The summed E-state index contributed by atoms with van der Waals surface area (Å²) in [6, 6.07) is 12.8. The van der Waals surface area contributed by atoms with Crippen LogP contribution in [0.25, 0.3) is 17.0 Å². The molecule has 0 aliphatic heterocycles. The van der Waals surface area contributed by atoms with E-state index < -0.39 is 16.0 Å². The fraction of sp³-hybridized carbons (Fsp3) is 0.0556. The number of hydrogen-bond acceptors (Lipinski definition) is 3. The van der Waals surface area contributed by atoms with Crippen LogP contribution in [0, 0.1) is 0 Å². The zero-order chi connectivity index (χ0) is 18.9. The Balaban J connectivity index is 2.01. The van der Waals surface area contributed by atoms with E-state index in [1.807, 2.05) is 0 Å². The van der Waals surface area contributed by atoms with Gasteiger partial charge in [0.05, 0.1) is 11.3 Å². The van der Waals surface area contributed by atoms with E-state index in [0.717, 1.165) is 9.54 Å². The molecule has 1 aromatic heterocycles. The normalized spacial score (nSPS) is 12.1. The Hall–Kier alpha value is -2.28. The highest BCUT2D eigenvalue weighted by Gasteiger charge is 2.23. The van der Waals surface area contributed by atoms with Crippen molar-refractivity contribution in [3.05, 3.63) is 75.9 Å². The lowest BCUT2D eigenvalue weighted by Gasteiger charge is -2.08. The molecule has 0 amide bonds. The summed E-state index contributed by atoms with van der Waals surface area (Å²) in [6.45, 7) is 0. The molecule has 5 nitrogen and oxygen atoms in total. The number of aromatic carboxylic acids is 1. The number of benzene rings is 2. The number of hydrogen-bond donors (Lipinski definition) is 1. The molecule has 0 aliphatic rings. The van der Waals surface area contributed by atoms with Gasteiger partial charge in [-0.3, -0.25) is 0 Å². The van der Waals surface area contributed by atoms with Crippen LogP contribution >= 0.6 is 23.2 Å². The second kappa shape index (κ2) is 7.15. The smallest absolute Gasteiger partial charge is 0.353 e. The first kappa shape index (κ1) is 18.5. The highest BCUT2D eigenvalue weighted by molar-refractivity contribution is 7.90. The van der Waals surface area contributed by atoms with Crippen molar-refractivity contribution in [1.82, 2.24) is 3.97 Å². The summed E-state index contributed by atoms with van der Waals surface area (Å²) in [4.78, 5) is 11.5. The number of aromatic nitrogens is 1. The van der Waals surface area contributed by atoms with Gasteiger partial charge in [0.15, 0.2) is 0 Å². The zero-order valence-corrected chi connectivity index (χ0v) is 15.6. The first-order valence-electron chi connectivity index (χ1n) is 7.47. The maximum absolute atomic E-state index is 12.8. The number of carboxylic acids is 1. The Labute approximate surface area is 160 Å². The third-order valence-electron chi connectivity index (χ3n) is 3.68. The fourth-order valence-corrected chi connectivity index (χ4v) is 4.36. The van der Waals surface area contributed by atoms with Crippen molar-refractivity contribution < 1.29 is 18.3 Å². The standard InChI is InChI=1S/C18H13Cl2NO4S/c19-14-5-1-3-12(9-14)4-2-8-26(24,25)21-16-7-6-15(20)10-13(16)11-17(21)18(22)23/h1-7,9-11H,8H2,(H,22,23). The molecule has 0 spiro atoms. The highest BCUT2D eigenvalue weighted by atomic mass is 35.5. The maximum atomic E-state index is 12.8. The molecule has 2 aromatic carbocycles. The Kier molecular flexibility index (Phi) is 5.09. The van der Waals surface area contributed by atoms with E-state index in [1.54, 1.807) is 30.3 Å². The predicted molar refractivity (Wildman–Crippen MR) is 104 cm³/mol. The van der Waals surface area contributed by atoms with Crippen LogP contribution in [0.15, 0.2) is 54.6 Å². The first-order chi connectivity index (χ1) is 12.3. The van der Waals surface area contributed by atoms with Crippen molar-refractivity contribution in [3.8, 4) is 0 Å². The molecule has 1 heterocycles. The largest absolute Gasteiger partial charge is 0.477 e. The van der Waals surface area contributed by atoms with E-state index in [-0.39, 0.29) is 17.0 Å². The molecule has 1 N–H and O–H groups in total. The van der Waals surface area contributed by atoms with Crippen molar-refractivity contribution in [1.29, 1.82) is 0 Å². The van der Waals surface area contributed by atoms with E-state index in [0.29, 0.717) is 15.4 Å². The highest BCUT2D eigenvalue weighted by Crippen LogP contribution is 2.25. The third-order valence-corrected chi connectivity index (χ3v) is 5.72. The van der Waals surface area contributed by atoms with Crippen molar-refractivity contribution in [2.75, 3.05) is 5.75 Å². The first-order valence-corrected chi connectivity index (χ1v) is 9.84. The van der Waals surface area contributed by atoms with Gasteiger partial charge in [-0.15, -0.1) is 0 Å². The van der Waals surface area contributed by atoms with E-state index in [1.165, 1.54) is 30.3 Å². The Bertz CT molecular complexity index is 1130. The van der Waals surface area contributed by atoms with Crippen LogP contribution in [0.4, 0.5) is 0 Å². The van der Waals surface area contributed by atoms with Crippen LogP contribution in [0.3, 0.4) is 0 Å². The minimum Gasteiger partial charge on any atom is -0.477 e. The van der Waals surface area contributed by atoms with Gasteiger partial charge in [0.2, 0.25) is 10.0 Å². The number of carboxylic acid groups (broad SMARTS) is 1. The molecule has 134 valence electrons. The lowest BCUT2D eigenvalue weighted by molar-refractivity contribution is 0.0689. The Morgan fingerprint density at radius 1 is 1.08 bits per heavy atom. The number of nitrogens with zero attached hydrogens (tertiary/aromatic N) is 1. The quantitative estimate of drug-likeness (QED) is 0.670. The molecule has 0 saturated heterocycles. The molecule has 3 rings (SSSR count). The van der Waals surface area contributed by atoms with E-state index >= 15 is 0 Å². The second-order valence-electron chi connectivity index (χ2n) is 5.54. The molecule has 0 radical (unpaired) electrons. The molecule has 0 saturated carbocycles. The van der Waals surface area contributed by atoms with Gasteiger partial charge in [-0.05, 0) is 42.0 Å². The number of rotatable bonds is 5. The summed E-state index contributed by atoms with van der Waals surface area (Å²) < 4.78 is 26.4. The number of fused-ring (bicyclic) bond motifs is 1. The summed E-state index contributed by atoms with van der Waals surface area (Å²) >= 11 is 11.8. The predicted octanol–water partition coefficient (Wildman–Crippen LogP) is 4.54. The summed E-state index contributed by atoms with van der Waals surface area (Å²) in [6.07, 6.45) is 3.07. The van der Waals surface area contributed by atoms with Gasteiger partial charge >= 0.3 is 5.97 Å². The van der Waals surface area contributed by atoms with Crippen molar-refractivity contribution >= 4 is 56.2 Å². The van der Waals surface area contributed by atoms with E-state index in [9.17, 15) is 18.3 Å². The van der Waals surface area contributed by atoms with Gasteiger partial charge < -0.3 is 5.11 Å².